The van der Waals surface area contributed by atoms with Crippen LogP contribution in [0.2, 0.25) is 0 Å². The number of fused-ring (bicyclic) bond motifs is 4. The van der Waals surface area contributed by atoms with Crippen LogP contribution >= 0.6 is 0 Å². The highest BCUT2D eigenvalue weighted by molar-refractivity contribution is 5.84. The number of amides is 1. The summed E-state index contributed by atoms with van der Waals surface area (Å²) in [5.74, 6) is 1.29. The zero-order chi connectivity index (χ0) is 17.7. The molecular formula is C19H33N3O2. The minimum atomic E-state index is -0.588. The molecule has 2 bridgehead atoms. The summed E-state index contributed by atoms with van der Waals surface area (Å²) in [7, 11) is 0. The van der Waals surface area contributed by atoms with Gasteiger partial charge >= 0.3 is 0 Å². The number of hydrogen-bond donors (Lipinski definition) is 3. The minimum absolute atomic E-state index is 0.0369. The Morgan fingerprint density at radius 2 is 2.21 bits per heavy atom. The Labute approximate surface area is 145 Å². The van der Waals surface area contributed by atoms with Crippen LogP contribution in [-0.4, -0.2) is 30.8 Å². The van der Waals surface area contributed by atoms with Crippen LogP contribution in [0.4, 0.5) is 0 Å². The first kappa shape index (κ1) is 19.1. The Morgan fingerprint density at radius 3 is 2.83 bits per heavy atom. The molecule has 0 aliphatic heterocycles. The standard InChI is InChI=1S/C19H33N3O2/c1-13-6-14-7-15(8-14)10-19(2,9-13)11-17(21)18(24)22-16(12-23)4-3-5-20/h10,12-14,16-17H,3-9,11,20-21H2,1-2H3,(H,22,24). The summed E-state index contributed by atoms with van der Waals surface area (Å²) in [5.41, 5.74) is 13.1. The van der Waals surface area contributed by atoms with Crippen molar-refractivity contribution in [3.05, 3.63) is 11.6 Å². The molecule has 0 heterocycles. The topological polar surface area (TPSA) is 98.2 Å². The maximum atomic E-state index is 12.4. The molecule has 0 radical (unpaired) electrons. The number of nitrogens with one attached hydrogen (secondary N) is 1. The SMILES string of the molecule is CC1CC2CC(=CC(C)(CC(N)C(=O)NC(C=O)CCCN)C1)C2. The molecule has 5 N–H and O–H groups in total. The first-order valence-electron chi connectivity index (χ1n) is 9.27. The van der Waals surface area contributed by atoms with Crippen LogP contribution in [0.3, 0.4) is 0 Å². The van der Waals surface area contributed by atoms with Crippen molar-refractivity contribution in [2.45, 2.75) is 70.9 Å². The van der Waals surface area contributed by atoms with E-state index in [1.165, 1.54) is 24.8 Å². The van der Waals surface area contributed by atoms with Gasteiger partial charge in [-0.1, -0.05) is 25.5 Å². The summed E-state index contributed by atoms with van der Waals surface area (Å²) in [6.07, 6.45) is 9.83. The second kappa shape index (κ2) is 8.26. The average Bonchev–Trinajstić information content (AvgIpc) is 2.46. The predicted molar refractivity (Wildman–Crippen MR) is 96.2 cm³/mol. The number of carbonyl (C=O) groups is 2. The maximum Gasteiger partial charge on any atom is 0.237 e. The van der Waals surface area contributed by atoms with Gasteiger partial charge in [-0.2, -0.15) is 0 Å². The summed E-state index contributed by atoms with van der Waals surface area (Å²) in [5, 5.41) is 2.76. The molecular weight excluding hydrogens is 302 g/mol. The first-order chi connectivity index (χ1) is 11.3. The van der Waals surface area contributed by atoms with Crippen LogP contribution in [0, 0.1) is 17.3 Å². The second-order valence-corrected chi connectivity index (χ2v) is 8.27. The fraction of sp³-hybridized carbons (Fsp3) is 0.789. The van der Waals surface area contributed by atoms with E-state index < -0.39 is 12.1 Å². The van der Waals surface area contributed by atoms with Gasteiger partial charge in [-0.05, 0) is 68.7 Å². The molecule has 0 aromatic rings. The van der Waals surface area contributed by atoms with Crippen LogP contribution < -0.4 is 16.8 Å². The van der Waals surface area contributed by atoms with E-state index in [0.29, 0.717) is 31.7 Å². The molecule has 3 rings (SSSR count). The van der Waals surface area contributed by atoms with Crippen molar-refractivity contribution >= 4 is 12.2 Å². The highest BCUT2D eigenvalue weighted by Gasteiger charge is 2.36. The van der Waals surface area contributed by atoms with Gasteiger partial charge in [-0.3, -0.25) is 4.79 Å². The van der Waals surface area contributed by atoms with Gasteiger partial charge < -0.3 is 21.6 Å². The van der Waals surface area contributed by atoms with Gasteiger partial charge in [0.2, 0.25) is 5.91 Å². The van der Waals surface area contributed by atoms with E-state index in [9.17, 15) is 9.59 Å². The lowest BCUT2D eigenvalue weighted by Crippen LogP contribution is -2.48. The number of rotatable bonds is 8. The lowest BCUT2D eigenvalue weighted by Gasteiger charge is -2.41. The van der Waals surface area contributed by atoms with E-state index in [1.807, 2.05) is 0 Å². The second-order valence-electron chi connectivity index (χ2n) is 8.27. The molecule has 24 heavy (non-hydrogen) atoms. The Hall–Kier alpha value is -1.20. The van der Waals surface area contributed by atoms with Crippen molar-refractivity contribution in [2.75, 3.05) is 6.54 Å². The van der Waals surface area contributed by atoms with E-state index in [4.69, 9.17) is 11.5 Å². The molecule has 4 atom stereocenters. The minimum Gasteiger partial charge on any atom is -0.345 e. The normalized spacial score (nSPS) is 31.8. The summed E-state index contributed by atoms with van der Waals surface area (Å²) < 4.78 is 0. The first-order valence-corrected chi connectivity index (χ1v) is 9.27. The third-order valence-electron chi connectivity index (χ3n) is 5.44. The van der Waals surface area contributed by atoms with Crippen molar-refractivity contribution in [3.63, 3.8) is 0 Å². The van der Waals surface area contributed by atoms with E-state index in [-0.39, 0.29) is 11.3 Å². The van der Waals surface area contributed by atoms with Crippen molar-refractivity contribution < 1.29 is 9.59 Å². The number of carbonyl (C=O) groups excluding carboxylic acids is 2. The van der Waals surface area contributed by atoms with Crippen molar-refractivity contribution in [2.24, 2.45) is 28.7 Å². The summed E-state index contributed by atoms with van der Waals surface area (Å²) in [6, 6.07) is -1.07. The van der Waals surface area contributed by atoms with Crippen LogP contribution in [-0.2, 0) is 9.59 Å². The Kier molecular flexibility index (Phi) is 6.58. The largest absolute Gasteiger partial charge is 0.345 e. The van der Waals surface area contributed by atoms with Crippen LogP contribution in [0.25, 0.3) is 0 Å². The van der Waals surface area contributed by atoms with Crippen molar-refractivity contribution in [3.8, 4) is 0 Å². The Balaban J connectivity index is 1.94. The third-order valence-corrected chi connectivity index (χ3v) is 5.44. The van der Waals surface area contributed by atoms with E-state index in [1.54, 1.807) is 0 Å². The molecule has 3 aliphatic rings. The summed E-state index contributed by atoms with van der Waals surface area (Å²) >= 11 is 0. The summed E-state index contributed by atoms with van der Waals surface area (Å²) in [4.78, 5) is 23.5. The smallest absolute Gasteiger partial charge is 0.237 e. The molecule has 0 aromatic heterocycles. The Morgan fingerprint density at radius 1 is 1.50 bits per heavy atom. The number of hydrogen-bond acceptors (Lipinski definition) is 4. The molecule has 0 aromatic carbocycles. The van der Waals surface area contributed by atoms with Crippen molar-refractivity contribution in [1.29, 1.82) is 0 Å². The molecule has 1 fully saturated rings. The quantitative estimate of drug-likeness (QED) is 0.466. The third kappa shape index (κ3) is 5.15. The van der Waals surface area contributed by atoms with Crippen molar-refractivity contribution in [1.82, 2.24) is 5.32 Å². The fourth-order valence-corrected chi connectivity index (χ4v) is 4.51. The monoisotopic (exact) mass is 335 g/mol. The van der Waals surface area contributed by atoms with Gasteiger partial charge in [0, 0.05) is 0 Å². The van der Waals surface area contributed by atoms with Gasteiger partial charge in [0.15, 0.2) is 0 Å². The molecule has 1 saturated carbocycles. The molecule has 0 spiro atoms. The molecule has 5 nitrogen and oxygen atoms in total. The fourth-order valence-electron chi connectivity index (χ4n) is 4.51. The van der Waals surface area contributed by atoms with Crippen LogP contribution in [0.1, 0.15) is 58.8 Å². The molecule has 4 unspecified atom stereocenters. The molecule has 136 valence electrons. The zero-order valence-electron chi connectivity index (χ0n) is 15.1. The molecule has 0 saturated heterocycles. The highest BCUT2D eigenvalue weighted by Crippen LogP contribution is 2.47. The van der Waals surface area contributed by atoms with Gasteiger partial charge in [0.1, 0.15) is 6.29 Å². The highest BCUT2D eigenvalue weighted by atomic mass is 16.2. The number of aldehydes is 1. The molecule has 3 aliphatic carbocycles. The van der Waals surface area contributed by atoms with E-state index in [0.717, 1.165) is 18.6 Å². The summed E-state index contributed by atoms with van der Waals surface area (Å²) in [6.45, 7) is 5.03. The lowest BCUT2D eigenvalue weighted by molar-refractivity contribution is -0.125. The van der Waals surface area contributed by atoms with E-state index in [2.05, 4.69) is 25.2 Å². The molecule has 1 amide bonds. The predicted octanol–water partition coefficient (Wildman–Crippen LogP) is 1.90. The van der Waals surface area contributed by atoms with Gasteiger partial charge in [0.25, 0.3) is 0 Å². The van der Waals surface area contributed by atoms with Gasteiger partial charge in [-0.15, -0.1) is 0 Å². The number of nitrogens with two attached hydrogens (primary N) is 2. The zero-order valence-corrected chi connectivity index (χ0v) is 15.1. The molecule has 5 heteroatoms. The average molecular weight is 335 g/mol. The number of allylic oxidation sites excluding steroid dienone is 2. The Bertz CT molecular complexity index is 483. The van der Waals surface area contributed by atoms with E-state index >= 15 is 0 Å². The van der Waals surface area contributed by atoms with Gasteiger partial charge in [0.05, 0.1) is 12.1 Å². The maximum absolute atomic E-state index is 12.4. The van der Waals surface area contributed by atoms with Gasteiger partial charge in [-0.25, -0.2) is 0 Å². The lowest BCUT2D eigenvalue weighted by atomic mass is 9.64. The van der Waals surface area contributed by atoms with Crippen LogP contribution in [0.5, 0.6) is 0 Å². The van der Waals surface area contributed by atoms with Crippen LogP contribution in [0.15, 0.2) is 11.6 Å².